The van der Waals surface area contributed by atoms with Gasteiger partial charge >= 0.3 is 0 Å². The van der Waals surface area contributed by atoms with Crippen molar-refractivity contribution in [2.24, 2.45) is 0 Å². The summed E-state index contributed by atoms with van der Waals surface area (Å²) in [5, 5.41) is 0.0404. The second-order valence-electron chi connectivity index (χ2n) is 4.67. The van der Waals surface area contributed by atoms with E-state index in [1.165, 1.54) is 24.4 Å². The molecule has 0 aliphatic carbocycles. The molecule has 0 atom stereocenters. The van der Waals surface area contributed by atoms with E-state index in [9.17, 15) is 13.2 Å². The third-order valence-electron chi connectivity index (χ3n) is 3.15. The molecule has 1 N–H and O–H groups in total. The molecule has 0 unspecified atom stereocenters. The van der Waals surface area contributed by atoms with Crippen LogP contribution in [0.15, 0.2) is 41.6 Å². The van der Waals surface area contributed by atoms with Crippen LogP contribution in [-0.2, 0) is 16.4 Å². The summed E-state index contributed by atoms with van der Waals surface area (Å²) in [4.78, 5) is 15.8. The number of pyridine rings is 1. The van der Waals surface area contributed by atoms with Gasteiger partial charge in [-0.05, 0) is 35.9 Å². The fraction of sp³-hybridized carbons (Fsp3) is 0.143. The van der Waals surface area contributed by atoms with Crippen LogP contribution < -0.4 is 9.46 Å². The van der Waals surface area contributed by atoms with Crippen molar-refractivity contribution in [2.75, 3.05) is 6.61 Å². The Balaban J connectivity index is 1.83. The predicted molar refractivity (Wildman–Crippen MR) is 79.5 cm³/mol. The zero-order valence-corrected chi connectivity index (χ0v) is 12.8. The molecule has 1 aromatic heterocycles. The van der Waals surface area contributed by atoms with Crippen molar-refractivity contribution in [3.8, 4) is 5.75 Å². The molecule has 1 aliphatic heterocycles. The standard InChI is InChI=1S/C14H11ClN2O4S/c15-11-2-4-13(16-8-11)22(19,20)17-14(18)10-1-3-12-9(7-10)5-6-21-12/h1-4,7-8H,5-6H2,(H,17,18). The van der Waals surface area contributed by atoms with Crippen LogP contribution in [0.25, 0.3) is 0 Å². The number of hydrogen-bond acceptors (Lipinski definition) is 5. The lowest BCUT2D eigenvalue weighted by molar-refractivity contribution is 0.0981. The number of amides is 1. The number of ether oxygens (including phenoxy) is 1. The fourth-order valence-corrected chi connectivity index (χ4v) is 3.10. The van der Waals surface area contributed by atoms with Gasteiger partial charge in [0.15, 0.2) is 5.03 Å². The summed E-state index contributed by atoms with van der Waals surface area (Å²) in [7, 11) is -4.04. The first-order valence-corrected chi connectivity index (χ1v) is 8.26. The van der Waals surface area contributed by atoms with Gasteiger partial charge in [0, 0.05) is 18.2 Å². The Hall–Kier alpha value is -2.12. The second kappa shape index (κ2) is 5.58. The van der Waals surface area contributed by atoms with E-state index < -0.39 is 15.9 Å². The van der Waals surface area contributed by atoms with Crippen LogP contribution in [0.2, 0.25) is 5.02 Å². The Morgan fingerprint density at radius 3 is 2.82 bits per heavy atom. The number of hydrogen-bond donors (Lipinski definition) is 1. The molecule has 114 valence electrons. The third kappa shape index (κ3) is 2.90. The van der Waals surface area contributed by atoms with Gasteiger partial charge < -0.3 is 4.74 Å². The number of benzene rings is 1. The summed E-state index contributed by atoms with van der Waals surface area (Å²) < 4.78 is 31.5. The quantitative estimate of drug-likeness (QED) is 0.922. The van der Waals surface area contributed by atoms with E-state index in [1.807, 2.05) is 4.72 Å². The maximum absolute atomic E-state index is 12.1. The number of aromatic nitrogens is 1. The van der Waals surface area contributed by atoms with E-state index in [-0.39, 0.29) is 10.6 Å². The van der Waals surface area contributed by atoms with E-state index in [2.05, 4.69) is 4.98 Å². The Kier molecular flexibility index (Phi) is 3.76. The van der Waals surface area contributed by atoms with Crippen molar-refractivity contribution in [3.05, 3.63) is 52.7 Å². The number of fused-ring (bicyclic) bond motifs is 1. The van der Waals surface area contributed by atoms with Crippen molar-refractivity contribution in [3.63, 3.8) is 0 Å². The first kappa shape index (κ1) is 14.8. The zero-order chi connectivity index (χ0) is 15.7. The van der Waals surface area contributed by atoms with Crippen molar-refractivity contribution in [1.29, 1.82) is 0 Å². The van der Waals surface area contributed by atoms with Gasteiger partial charge in [-0.15, -0.1) is 0 Å². The summed E-state index contributed by atoms with van der Waals surface area (Å²) in [5.41, 5.74) is 1.14. The minimum absolute atomic E-state index is 0.252. The molecule has 3 rings (SSSR count). The predicted octanol–water partition coefficient (Wildman–Crippen LogP) is 1.79. The van der Waals surface area contributed by atoms with E-state index in [0.29, 0.717) is 18.1 Å². The number of nitrogens with one attached hydrogen (secondary N) is 1. The molecular formula is C14H11ClN2O4S. The van der Waals surface area contributed by atoms with Crippen molar-refractivity contribution < 1.29 is 17.9 Å². The van der Waals surface area contributed by atoms with Crippen LogP contribution in [0.5, 0.6) is 5.75 Å². The van der Waals surface area contributed by atoms with Gasteiger partial charge in [0.1, 0.15) is 5.75 Å². The SMILES string of the molecule is O=C(NS(=O)(=O)c1ccc(Cl)cn1)c1ccc2c(c1)CCO2. The Labute approximate surface area is 132 Å². The highest BCUT2D eigenvalue weighted by Gasteiger charge is 2.21. The highest BCUT2D eigenvalue weighted by atomic mass is 35.5. The van der Waals surface area contributed by atoms with Crippen LogP contribution >= 0.6 is 11.6 Å². The molecule has 2 aromatic rings. The van der Waals surface area contributed by atoms with Gasteiger partial charge in [-0.2, -0.15) is 8.42 Å². The maximum atomic E-state index is 12.1. The monoisotopic (exact) mass is 338 g/mol. The van der Waals surface area contributed by atoms with Gasteiger partial charge in [-0.1, -0.05) is 11.6 Å². The van der Waals surface area contributed by atoms with E-state index in [0.717, 1.165) is 11.3 Å². The minimum atomic E-state index is -4.04. The fourth-order valence-electron chi connectivity index (χ4n) is 2.08. The van der Waals surface area contributed by atoms with Crippen LogP contribution in [0.4, 0.5) is 0 Å². The van der Waals surface area contributed by atoms with Gasteiger partial charge in [0.25, 0.3) is 15.9 Å². The molecule has 8 heteroatoms. The summed E-state index contributed by atoms with van der Waals surface area (Å²) in [6.07, 6.45) is 1.90. The lowest BCUT2D eigenvalue weighted by Gasteiger charge is -2.07. The van der Waals surface area contributed by atoms with Crippen LogP contribution in [0, 0.1) is 0 Å². The molecule has 2 heterocycles. The highest BCUT2D eigenvalue weighted by molar-refractivity contribution is 7.90. The lowest BCUT2D eigenvalue weighted by atomic mass is 10.1. The van der Waals surface area contributed by atoms with Gasteiger partial charge in [0.05, 0.1) is 11.6 Å². The molecule has 0 saturated carbocycles. The summed E-state index contributed by atoms with van der Waals surface area (Å²) >= 11 is 5.66. The van der Waals surface area contributed by atoms with Crippen LogP contribution in [0.3, 0.4) is 0 Å². The first-order chi connectivity index (χ1) is 10.5. The van der Waals surface area contributed by atoms with Gasteiger partial charge in [-0.3, -0.25) is 4.79 Å². The van der Waals surface area contributed by atoms with Crippen molar-refractivity contribution in [1.82, 2.24) is 9.71 Å². The molecule has 0 radical (unpaired) electrons. The number of nitrogens with zero attached hydrogens (tertiary/aromatic N) is 1. The molecule has 22 heavy (non-hydrogen) atoms. The first-order valence-electron chi connectivity index (χ1n) is 6.40. The molecule has 0 bridgehead atoms. The number of rotatable bonds is 3. The average Bonchev–Trinajstić information content (AvgIpc) is 2.94. The summed E-state index contributed by atoms with van der Waals surface area (Å²) in [6.45, 7) is 0.563. The average molecular weight is 339 g/mol. The largest absolute Gasteiger partial charge is 0.493 e. The van der Waals surface area contributed by atoms with Crippen LogP contribution in [0.1, 0.15) is 15.9 Å². The van der Waals surface area contributed by atoms with E-state index >= 15 is 0 Å². The van der Waals surface area contributed by atoms with E-state index in [4.69, 9.17) is 16.3 Å². The Morgan fingerprint density at radius 2 is 2.09 bits per heavy atom. The summed E-state index contributed by atoms with van der Waals surface area (Å²) in [5.74, 6) is 0.00484. The van der Waals surface area contributed by atoms with Crippen molar-refractivity contribution >= 4 is 27.5 Å². The molecule has 0 spiro atoms. The highest BCUT2D eigenvalue weighted by Crippen LogP contribution is 2.26. The van der Waals surface area contributed by atoms with E-state index in [1.54, 1.807) is 12.1 Å². The second-order valence-corrected chi connectivity index (χ2v) is 6.74. The molecule has 1 aliphatic rings. The maximum Gasteiger partial charge on any atom is 0.281 e. The molecule has 0 saturated heterocycles. The topological polar surface area (TPSA) is 85.4 Å². The molecular weight excluding hydrogens is 328 g/mol. The number of sulfonamides is 1. The summed E-state index contributed by atoms with van der Waals surface area (Å²) in [6, 6.07) is 7.42. The third-order valence-corrected chi connectivity index (χ3v) is 4.62. The molecule has 0 fully saturated rings. The van der Waals surface area contributed by atoms with Gasteiger partial charge in [-0.25, -0.2) is 9.71 Å². The van der Waals surface area contributed by atoms with Gasteiger partial charge in [0.2, 0.25) is 0 Å². The normalized spacial score (nSPS) is 13.3. The Bertz CT molecular complexity index is 834. The number of carbonyl (C=O) groups excluding carboxylic acids is 1. The minimum Gasteiger partial charge on any atom is -0.493 e. The number of carbonyl (C=O) groups is 1. The smallest absolute Gasteiger partial charge is 0.281 e. The van der Waals surface area contributed by atoms with Crippen LogP contribution in [-0.4, -0.2) is 25.9 Å². The zero-order valence-electron chi connectivity index (χ0n) is 11.2. The molecule has 1 amide bonds. The number of halogens is 1. The van der Waals surface area contributed by atoms with Crippen molar-refractivity contribution in [2.45, 2.75) is 11.4 Å². The lowest BCUT2D eigenvalue weighted by Crippen LogP contribution is -2.31. The molecule has 1 aromatic carbocycles. The molecule has 6 nitrogen and oxygen atoms in total. The Morgan fingerprint density at radius 1 is 1.27 bits per heavy atom.